The van der Waals surface area contributed by atoms with Crippen molar-refractivity contribution < 1.29 is 23.6 Å². The third kappa shape index (κ3) is 4.56. The number of hydrogen-bond donors (Lipinski definition) is 0. The molecule has 1 aromatic rings. The summed E-state index contributed by atoms with van der Waals surface area (Å²) >= 11 is 0. The summed E-state index contributed by atoms with van der Waals surface area (Å²) in [5, 5.41) is 0. The highest BCUT2D eigenvalue weighted by Gasteiger charge is 2.52. The molecule has 0 spiro atoms. The molecule has 0 radical (unpaired) electrons. The van der Waals surface area contributed by atoms with Crippen molar-refractivity contribution in [3.8, 4) is 5.75 Å². The first-order chi connectivity index (χ1) is 11.7. The van der Waals surface area contributed by atoms with Crippen LogP contribution in [0.25, 0.3) is 0 Å². The van der Waals surface area contributed by atoms with Crippen molar-refractivity contribution in [3.63, 3.8) is 0 Å². The van der Waals surface area contributed by atoms with Gasteiger partial charge in [-0.1, -0.05) is 12.1 Å². The Morgan fingerprint density at radius 3 is 2.28 bits per heavy atom. The number of carbonyl (C=O) groups is 1. The third-order valence-electron chi connectivity index (χ3n) is 5.13. The van der Waals surface area contributed by atoms with Crippen molar-refractivity contribution in [1.82, 2.24) is 0 Å². The van der Waals surface area contributed by atoms with E-state index in [1.165, 1.54) is 12.7 Å². The molecule has 1 fully saturated rings. The maximum Gasteiger partial charge on any atom is 0.498 e. The number of carbonyl (C=O) groups excluding carboxylic acids is 1. The first-order valence-electron chi connectivity index (χ1n) is 8.79. The van der Waals surface area contributed by atoms with Crippen molar-refractivity contribution in [2.45, 2.75) is 64.6 Å². The minimum absolute atomic E-state index is 0.160. The van der Waals surface area contributed by atoms with Crippen LogP contribution >= 0.6 is 0 Å². The summed E-state index contributed by atoms with van der Waals surface area (Å²) < 4.78 is 22.5. The third-order valence-corrected chi connectivity index (χ3v) is 5.13. The van der Waals surface area contributed by atoms with Crippen LogP contribution in [0.2, 0.25) is 0 Å². The summed E-state index contributed by atoms with van der Waals surface area (Å²) in [4.78, 5) is 11.2. The smallest absolute Gasteiger partial charge is 0.497 e. The van der Waals surface area contributed by atoms with Crippen molar-refractivity contribution in [2.75, 3.05) is 14.2 Å². The molecule has 0 bridgehead atoms. The number of aryl methyl sites for hydroxylation is 1. The molecule has 0 aliphatic carbocycles. The first kappa shape index (κ1) is 19.8. The zero-order valence-corrected chi connectivity index (χ0v) is 16.2. The van der Waals surface area contributed by atoms with Gasteiger partial charge in [0.15, 0.2) is 0 Å². The van der Waals surface area contributed by atoms with Crippen LogP contribution in [-0.4, -0.2) is 38.5 Å². The predicted octanol–water partition coefficient (Wildman–Crippen LogP) is 2.88. The molecular formula is C19H29BO5. The van der Waals surface area contributed by atoms with E-state index in [1.54, 1.807) is 7.11 Å². The fourth-order valence-corrected chi connectivity index (χ4v) is 2.79. The highest BCUT2D eigenvalue weighted by atomic mass is 16.7. The lowest BCUT2D eigenvalue weighted by molar-refractivity contribution is -0.140. The van der Waals surface area contributed by atoms with Gasteiger partial charge in [0, 0.05) is 11.9 Å². The highest BCUT2D eigenvalue weighted by Crippen LogP contribution is 2.37. The zero-order valence-electron chi connectivity index (χ0n) is 16.2. The van der Waals surface area contributed by atoms with Crippen molar-refractivity contribution in [3.05, 3.63) is 23.8 Å². The molecule has 138 valence electrons. The number of hydrogen-bond acceptors (Lipinski definition) is 5. The van der Waals surface area contributed by atoms with E-state index in [-0.39, 0.29) is 17.2 Å². The maximum atomic E-state index is 11.2. The second-order valence-electron chi connectivity index (χ2n) is 7.45. The SMILES string of the molecule is COC(=O)CCCCc1ccc(OC)c(B2OC(C)(C)C(C)(C)O2)c1. The fourth-order valence-electron chi connectivity index (χ4n) is 2.79. The molecule has 1 aromatic carbocycles. The lowest BCUT2D eigenvalue weighted by atomic mass is 9.77. The largest absolute Gasteiger partial charge is 0.498 e. The molecule has 0 atom stereocenters. The van der Waals surface area contributed by atoms with Gasteiger partial charge in [0.1, 0.15) is 5.75 Å². The molecule has 1 aliphatic rings. The second kappa shape index (κ2) is 7.79. The monoisotopic (exact) mass is 348 g/mol. The summed E-state index contributed by atoms with van der Waals surface area (Å²) in [5.74, 6) is 0.601. The standard InChI is InChI=1S/C19H29BO5/c1-18(2)19(3,4)25-20(24-18)15-13-14(11-12-16(15)22-5)9-7-8-10-17(21)23-6/h11-13H,7-10H2,1-6H3. The summed E-state index contributed by atoms with van der Waals surface area (Å²) in [6.07, 6.45) is 3.07. The van der Waals surface area contributed by atoms with Gasteiger partial charge < -0.3 is 18.8 Å². The van der Waals surface area contributed by atoms with E-state index < -0.39 is 7.12 Å². The molecule has 0 unspecified atom stereocenters. The molecule has 1 heterocycles. The Morgan fingerprint density at radius 1 is 1.08 bits per heavy atom. The summed E-state index contributed by atoms with van der Waals surface area (Å²) in [6.45, 7) is 8.15. The Morgan fingerprint density at radius 2 is 1.72 bits per heavy atom. The molecule has 2 rings (SSSR count). The van der Waals surface area contributed by atoms with Gasteiger partial charge in [-0.2, -0.15) is 0 Å². The van der Waals surface area contributed by atoms with E-state index in [0.29, 0.717) is 6.42 Å². The number of esters is 1. The van der Waals surface area contributed by atoms with Crippen LogP contribution in [-0.2, 0) is 25.3 Å². The normalized spacial score (nSPS) is 18.2. The number of unbranched alkanes of at least 4 members (excludes halogenated alkanes) is 1. The van der Waals surface area contributed by atoms with E-state index >= 15 is 0 Å². The van der Waals surface area contributed by atoms with E-state index in [4.69, 9.17) is 14.0 Å². The fraction of sp³-hybridized carbons (Fsp3) is 0.632. The van der Waals surface area contributed by atoms with Gasteiger partial charge in [-0.05, 0) is 58.6 Å². The predicted molar refractivity (Wildman–Crippen MR) is 98.3 cm³/mol. The Bertz CT molecular complexity index is 596. The molecule has 0 saturated carbocycles. The molecular weight excluding hydrogens is 319 g/mol. The van der Waals surface area contributed by atoms with E-state index in [2.05, 4.69) is 10.8 Å². The average molecular weight is 348 g/mol. The maximum absolute atomic E-state index is 11.2. The zero-order chi connectivity index (χ0) is 18.7. The Hall–Kier alpha value is -1.53. The van der Waals surface area contributed by atoms with Crippen molar-refractivity contribution in [1.29, 1.82) is 0 Å². The number of benzene rings is 1. The molecule has 0 amide bonds. The van der Waals surface area contributed by atoms with E-state index in [0.717, 1.165) is 30.5 Å². The molecule has 1 saturated heterocycles. The Balaban J connectivity index is 2.09. The van der Waals surface area contributed by atoms with Crippen molar-refractivity contribution >= 4 is 18.6 Å². The Labute approximate surface area is 151 Å². The number of methoxy groups -OCH3 is 2. The lowest BCUT2D eigenvalue weighted by Crippen LogP contribution is -2.41. The Kier molecular flexibility index (Phi) is 6.17. The number of ether oxygens (including phenoxy) is 2. The minimum Gasteiger partial charge on any atom is -0.497 e. The van der Waals surface area contributed by atoms with Gasteiger partial charge in [-0.25, -0.2) is 0 Å². The number of rotatable bonds is 7. The van der Waals surface area contributed by atoms with Crippen LogP contribution < -0.4 is 10.2 Å². The topological polar surface area (TPSA) is 54.0 Å². The molecule has 1 aliphatic heterocycles. The van der Waals surface area contributed by atoms with Crippen LogP contribution in [0.5, 0.6) is 5.75 Å². The van der Waals surface area contributed by atoms with E-state index in [9.17, 15) is 4.79 Å². The van der Waals surface area contributed by atoms with Crippen LogP contribution in [0.3, 0.4) is 0 Å². The average Bonchev–Trinajstić information content (AvgIpc) is 2.79. The highest BCUT2D eigenvalue weighted by molar-refractivity contribution is 6.63. The van der Waals surface area contributed by atoms with Crippen LogP contribution in [0, 0.1) is 0 Å². The molecule has 0 N–H and O–H groups in total. The van der Waals surface area contributed by atoms with Gasteiger partial charge in [-0.3, -0.25) is 4.79 Å². The van der Waals surface area contributed by atoms with Crippen LogP contribution in [0.4, 0.5) is 0 Å². The first-order valence-corrected chi connectivity index (χ1v) is 8.79. The molecule has 0 aromatic heterocycles. The quantitative estimate of drug-likeness (QED) is 0.431. The van der Waals surface area contributed by atoms with Gasteiger partial charge in [0.05, 0.1) is 25.4 Å². The molecule has 6 heteroatoms. The molecule has 5 nitrogen and oxygen atoms in total. The van der Waals surface area contributed by atoms with E-state index in [1.807, 2.05) is 39.8 Å². The van der Waals surface area contributed by atoms with Gasteiger partial charge >= 0.3 is 13.1 Å². The van der Waals surface area contributed by atoms with Crippen molar-refractivity contribution in [2.24, 2.45) is 0 Å². The molecule has 25 heavy (non-hydrogen) atoms. The van der Waals surface area contributed by atoms with Crippen LogP contribution in [0.15, 0.2) is 18.2 Å². The lowest BCUT2D eigenvalue weighted by Gasteiger charge is -2.32. The van der Waals surface area contributed by atoms with Gasteiger partial charge in [0.25, 0.3) is 0 Å². The summed E-state index contributed by atoms with van der Waals surface area (Å²) in [5.41, 5.74) is 1.31. The summed E-state index contributed by atoms with van der Waals surface area (Å²) in [7, 11) is 2.62. The summed E-state index contributed by atoms with van der Waals surface area (Å²) in [6, 6.07) is 6.08. The van der Waals surface area contributed by atoms with Gasteiger partial charge in [-0.15, -0.1) is 0 Å². The second-order valence-corrected chi connectivity index (χ2v) is 7.45. The van der Waals surface area contributed by atoms with Crippen LogP contribution in [0.1, 0.15) is 52.5 Å². The minimum atomic E-state index is -0.449. The van der Waals surface area contributed by atoms with Gasteiger partial charge in [0.2, 0.25) is 0 Å².